The third-order valence-corrected chi connectivity index (χ3v) is 5.93. The monoisotopic (exact) mass is 426 g/mol. The lowest BCUT2D eigenvalue weighted by Gasteiger charge is -2.44. The van der Waals surface area contributed by atoms with Gasteiger partial charge in [-0.1, -0.05) is 0 Å². The van der Waals surface area contributed by atoms with Gasteiger partial charge in [-0.15, -0.1) is 0 Å². The van der Waals surface area contributed by atoms with Crippen LogP contribution in [0.2, 0.25) is 0 Å². The van der Waals surface area contributed by atoms with Gasteiger partial charge in [0.2, 0.25) is 5.91 Å². The molecule has 8 nitrogen and oxygen atoms in total. The second-order valence-corrected chi connectivity index (χ2v) is 7.55. The van der Waals surface area contributed by atoms with Gasteiger partial charge in [0.1, 0.15) is 18.0 Å². The average molecular weight is 426 g/mol. The van der Waals surface area contributed by atoms with Crippen molar-refractivity contribution in [2.45, 2.75) is 12.5 Å². The molecule has 0 spiro atoms. The number of nitrogens with zero attached hydrogens (tertiary/aromatic N) is 2. The van der Waals surface area contributed by atoms with E-state index in [2.05, 4.69) is 0 Å². The molecule has 2 heterocycles. The molecule has 2 aliphatic heterocycles. The van der Waals surface area contributed by atoms with Gasteiger partial charge in [-0.05, 0) is 41.8 Å². The summed E-state index contributed by atoms with van der Waals surface area (Å²) < 4.78 is 21.5. The Morgan fingerprint density at radius 1 is 0.903 bits per heavy atom. The molecule has 1 saturated heterocycles. The van der Waals surface area contributed by atoms with Crippen LogP contribution in [0.15, 0.2) is 30.3 Å². The first-order chi connectivity index (χ1) is 15.0. The molecule has 8 heteroatoms. The summed E-state index contributed by atoms with van der Waals surface area (Å²) in [5, 5.41) is 0. The lowest BCUT2D eigenvalue weighted by molar-refractivity contribution is -0.139. The lowest BCUT2D eigenvalue weighted by Crippen LogP contribution is -2.55. The van der Waals surface area contributed by atoms with Crippen molar-refractivity contribution in [3.05, 3.63) is 47.0 Å². The average Bonchev–Trinajstić information content (AvgIpc) is 2.81. The molecule has 0 aromatic heterocycles. The van der Waals surface area contributed by atoms with E-state index < -0.39 is 0 Å². The van der Waals surface area contributed by atoms with Gasteiger partial charge in [0.25, 0.3) is 5.91 Å². The maximum absolute atomic E-state index is 13.3. The predicted molar refractivity (Wildman–Crippen MR) is 113 cm³/mol. The van der Waals surface area contributed by atoms with Crippen molar-refractivity contribution in [3.63, 3.8) is 0 Å². The lowest BCUT2D eigenvalue weighted by atomic mass is 9.90. The minimum absolute atomic E-state index is 0.0392. The molecule has 2 aliphatic rings. The molecule has 1 unspecified atom stereocenters. The number of ether oxygens (including phenoxy) is 4. The Balaban J connectivity index is 1.67. The molecule has 2 aromatic rings. The fourth-order valence-corrected chi connectivity index (χ4v) is 4.32. The van der Waals surface area contributed by atoms with Crippen molar-refractivity contribution in [2.24, 2.45) is 0 Å². The number of carbonyl (C=O) groups excluding carboxylic acids is 2. The van der Waals surface area contributed by atoms with E-state index in [1.54, 1.807) is 37.3 Å². The van der Waals surface area contributed by atoms with E-state index in [0.29, 0.717) is 41.7 Å². The van der Waals surface area contributed by atoms with Crippen LogP contribution in [0.4, 0.5) is 0 Å². The van der Waals surface area contributed by atoms with Crippen LogP contribution >= 0.6 is 0 Å². The Morgan fingerprint density at radius 2 is 1.55 bits per heavy atom. The van der Waals surface area contributed by atoms with Crippen molar-refractivity contribution in [1.29, 1.82) is 0 Å². The standard InChI is InChI=1S/C23H26N2O6/c1-28-16-7-15(8-17(10-16)29-2)23(27)24-12-19-18-11-21(31-4)20(30-3)9-14(18)5-6-25(19)22(26)13-24/h7-11,19H,5-6,12-13H2,1-4H3. The fraction of sp³-hybridized carbons (Fsp3) is 0.391. The number of fused-ring (bicyclic) bond motifs is 3. The van der Waals surface area contributed by atoms with Crippen molar-refractivity contribution >= 4 is 11.8 Å². The number of benzene rings is 2. The van der Waals surface area contributed by atoms with Gasteiger partial charge >= 0.3 is 0 Å². The zero-order valence-electron chi connectivity index (χ0n) is 18.1. The molecular weight excluding hydrogens is 400 g/mol. The number of hydrogen-bond acceptors (Lipinski definition) is 6. The molecule has 0 N–H and O–H groups in total. The minimum atomic E-state index is -0.238. The number of piperazine rings is 1. The number of rotatable bonds is 5. The Labute approximate surface area is 181 Å². The number of carbonyl (C=O) groups is 2. The van der Waals surface area contributed by atoms with Crippen LogP contribution in [0.1, 0.15) is 27.5 Å². The van der Waals surface area contributed by atoms with Crippen molar-refractivity contribution in [1.82, 2.24) is 9.80 Å². The second kappa shape index (κ2) is 8.37. The Hall–Kier alpha value is -3.42. The summed E-state index contributed by atoms with van der Waals surface area (Å²) in [7, 11) is 6.26. The molecule has 0 aliphatic carbocycles. The maximum Gasteiger partial charge on any atom is 0.254 e. The van der Waals surface area contributed by atoms with Gasteiger partial charge in [-0.2, -0.15) is 0 Å². The van der Waals surface area contributed by atoms with E-state index in [1.165, 1.54) is 14.2 Å². The van der Waals surface area contributed by atoms with Crippen LogP contribution in [0.5, 0.6) is 23.0 Å². The summed E-state index contributed by atoms with van der Waals surface area (Å²) in [6.45, 7) is 1.05. The molecule has 2 amide bonds. The number of methoxy groups -OCH3 is 4. The zero-order valence-corrected chi connectivity index (χ0v) is 18.1. The van der Waals surface area contributed by atoms with Gasteiger partial charge in [-0.3, -0.25) is 9.59 Å². The summed E-state index contributed by atoms with van der Waals surface area (Å²) >= 11 is 0. The topological polar surface area (TPSA) is 77.5 Å². The quantitative estimate of drug-likeness (QED) is 0.730. The Morgan fingerprint density at radius 3 is 2.16 bits per heavy atom. The fourth-order valence-electron chi connectivity index (χ4n) is 4.32. The molecule has 2 aromatic carbocycles. The first-order valence-electron chi connectivity index (χ1n) is 10.1. The molecule has 1 atom stereocenters. The van der Waals surface area contributed by atoms with E-state index in [9.17, 15) is 9.59 Å². The van der Waals surface area contributed by atoms with Crippen LogP contribution in [-0.4, -0.2) is 69.7 Å². The first-order valence-corrected chi connectivity index (χ1v) is 10.1. The maximum atomic E-state index is 13.3. The highest BCUT2D eigenvalue weighted by molar-refractivity contribution is 5.98. The van der Waals surface area contributed by atoms with Crippen LogP contribution in [0, 0.1) is 0 Å². The van der Waals surface area contributed by atoms with E-state index >= 15 is 0 Å². The Kier molecular flexibility index (Phi) is 5.63. The summed E-state index contributed by atoms with van der Waals surface area (Å²) in [4.78, 5) is 29.7. The number of amides is 2. The highest BCUT2D eigenvalue weighted by atomic mass is 16.5. The van der Waals surface area contributed by atoms with Gasteiger partial charge in [0.15, 0.2) is 11.5 Å². The van der Waals surface area contributed by atoms with Crippen LogP contribution in [0.3, 0.4) is 0 Å². The van der Waals surface area contributed by atoms with Crippen LogP contribution in [0.25, 0.3) is 0 Å². The third kappa shape index (κ3) is 3.73. The molecule has 31 heavy (non-hydrogen) atoms. The van der Waals surface area contributed by atoms with Gasteiger partial charge in [-0.25, -0.2) is 0 Å². The molecule has 0 radical (unpaired) electrons. The predicted octanol–water partition coefficient (Wildman–Crippen LogP) is 2.30. The Bertz CT molecular complexity index is 999. The summed E-state index contributed by atoms with van der Waals surface area (Å²) in [6.07, 6.45) is 0.735. The van der Waals surface area contributed by atoms with Crippen LogP contribution in [-0.2, 0) is 11.2 Å². The molecular formula is C23H26N2O6. The van der Waals surface area contributed by atoms with E-state index in [1.807, 2.05) is 17.0 Å². The molecule has 0 bridgehead atoms. The van der Waals surface area contributed by atoms with E-state index in [0.717, 1.165) is 17.5 Å². The van der Waals surface area contributed by atoms with Crippen molar-refractivity contribution < 1.29 is 28.5 Å². The largest absolute Gasteiger partial charge is 0.497 e. The third-order valence-electron chi connectivity index (χ3n) is 5.93. The van der Waals surface area contributed by atoms with Crippen molar-refractivity contribution in [2.75, 3.05) is 48.1 Å². The molecule has 164 valence electrons. The molecule has 1 fully saturated rings. The van der Waals surface area contributed by atoms with Crippen LogP contribution < -0.4 is 18.9 Å². The van der Waals surface area contributed by atoms with Gasteiger partial charge < -0.3 is 28.7 Å². The van der Waals surface area contributed by atoms with E-state index in [-0.39, 0.29) is 24.4 Å². The van der Waals surface area contributed by atoms with Gasteiger partial charge in [0.05, 0.1) is 34.5 Å². The normalized spacial score (nSPS) is 17.5. The van der Waals surface area contributed by atoms with Crippen molar-refractivity contribution in [3.8, 4) is 23.0 Å². The smallest absolute Gasteiger partial charge is 0.254 e. The summed E-state index contributed by atoms with van der Waals surface area (Å²) in [5.41, 5.74) is 2.50. The zero-order chi connectivity index (χ0) is 22.1. The summed E-state index contributed by atoms with van der Waals surface area (Å²) in [6, 6.07) is 8.66. The highest BCUT2D eigenvalue weighted by Crippen LogP contribution is 2.40. The SMILES string of the molecule is COc1cc(OC)cc(C(=O)N2CC(=O)N3CCc4cc(OC)c(OC)cc4C3C2)c1. The number of hydrogen-bond donors (Lipinski definition) is 0. The highest BCUT2D eigenvalue weighted by Gasteiger charge is 2.39. The molecule has 0 saturated carbocycles. The van der Waals surface area contributed by atoms with E-state index in [4.69, 9.17) is 18.9 Å². The van der Waals surface area contributed by atoms with Gasteiger partial charge in [0, 0.05) is 24.7 Å². The molecule has 4 rings (SSSR count). The first kappa shape index (κ1) is 20.8. The second-order valence-electron chi connectivity index (χ2n) is 7.55. The minimum Gasteiger partial charge on any atom is -0.497 e. The summed E-state index contributed by atoms with van der Waals surface area (Å²) in [5.74, 6) is 2.00.